The van der Waals surface area contributed by atoms with Gasteiger partial charge in [0.25, 0.3) is 11.8 Å². The van der Waals surface area contributed by atoms with Gasteiger partial charge in [0.1, 0.15) is 6.04 Å². The van der Waals surface area contributed by atoms with Gasteiger partial charge in [-0.2, -0.15) is 0 Å². The summed E-state index contributed by atoms with van der Waals surface area (Å²) >= 11 is -1.98. The molecule has 0 saturated heterocycles. The van der Waals surface area contributed by atoms with Gasteiger partial charge in [0.2, 0.25) is 0 Å². The summed E-state index contributed by atoms with van der Waals surface area (Å²) in [5.41, 5.74) is 0.761. The van der Waals surface area contributed by atoms with Gasteiger partial charge in [-0.1, -0.05) is 30.3 Å². The van der Waals surface area contributed by atoms with E-state index in [2.05, 4.69) is 91.0 Å². The van der Waals surface area contributed by atoms with Gasteiger partial charge in [0.05, 0.1) is 0 Å². The quantitative estimate of drug-likeness (QED) is 0.264. The van der Waals surface area contributed by atoms with Crippen molar-refractivity contribution in [2.45, 2.75) is 12.5 Å². The average Bonchev–Trinajstić information content (AvgIpc) is 3.27. The van der Waals surface area contributed by atoms with Crippen LogP contribution in [0.15, 0.2) is 133 Å². The Morgan fingerprint density at radius 2 is 0.973 bits per heavy atom. The molecule has 0 fully saturated rings. The van der Waals surface area contributed by atoms with Crippen molar-refractivity contribution in [2.75, 3.05) is 0 Å². The second-order valence-electron chi connectivity index (χ2n) is 8.40. The molecular formula is C31H26NO4Sn. The van der Waals surface area contributed by atoms with Crippen LogP contribution < -0.4 is 10.7 Å². The van der Waals surface area contributed by atoms with Crippen LogP contribution in [0.3, 0.4) is 0 Å². The average molecular weight is 595 g/mol. The van der Waals surface area contributed by atoms with Gasteiger partial charge in [-0.05, 0) is 5.56 Å². The maximum atomic E-state index is 11.5. The minimum atomic E-state index is -1.98. The van der Waals surface area contributed by atoms with Gasteiger partial charge in [-0.25, -0.2) is 4.79 Å². The molecule has 5 rings (SSSR count). The van der Waals surface area contributed by atoms with Crippen molar-refractivity contribution in [3.05, 3.63) is 139 Å². The van der Waals surface area contributed by atoms with Crippen molar-refractivity contribution in [1.82, 2.24) is 4.90 Å². The number of carbonyl (C=O) groups excluding carboxylic acids is 2. The first-order chi connectivity index (χ1) is 18.0. The molecule has 1 aliphatic heterocycles. The van der Waals surface area contributed by atoms with Crippen LogP contribution >= 0.6 is 0 Å². The Hall–Kier alpha value is -3.97. The Morgan fingerprint density at radius 1 is 0.622 bits per heavy atom. The molecule has 1 unspecified atom stereocenters. The molecule has 1 radical (unpaired) electrons. The van der Waals surface area contributed by atoms with Gasteiger partial charge >= 0.3 is 127 Å². The molecule has 0 aliphatic carbocycles. The fourth-order valence-corrected chi connectivity index (χ4v) is 11.5. The number of amides is 2. The standard InChI is InChI=1S/C13H11NO4.3C6H5.Sn/c15-11-6-7-12(16)14(11)10(13(17)18)8-9-4-2-1-3-5-9;3*1-2-4-6-5-3-1;/h1-7,10H,8H2,(H,17,18);3*1-5H;. The molecule has 0 spiro atoms. The third-order valence-electron chi connectivity index (χ3n) is 5.90. The van der Waals surface area contributed by atoms with Crippen molar-refractivity contribution in [3.8, 4) is 0 Å². The molecule has 1 heterocycles. The SMILES string of the molecule is O=C(O)C(Cc1ccccc1)N1C(=O)C=CC1=O.c1cc[c]([Sn]([c]2ccccc2)[c]2ccccc2)cc1. The third kappa shape index (κ3) is 6.83. The van der Waals surface area contributed by atoms with Gasteiger partial charge in [0.15, 0.2) is 0 Å². The summed E-state index contributed by atoms with van der Waals surface area (Å²) in [5, 5.41) is 9.16. The van der Waals surface area contributed by atoms with E-state index >= 15 is 0 Å². The Labute approximate surface area is 223 Å². The van der Waals surface area contributed by atoms with E-state index in [9.17, 15) is 14.4 Å². The monoisotopic (exact) mass is 596 g/mol. The summed E-state index contributed by atoms with van der Waals surface area (Å²) in [7, 11) is 0. The number of carboxylic acids is 1. The fraction of sp³-hybridized carbons (Fsp3) is 0.0645. The van der Waals surface area contributed by atoms with Crippen LogP contribution in [0.25, 0.3) is 0 Å². The Kier molecular flexibility index (Phi) is 9.05. The molecule has 0 aromatic heterocycles. The molecular weight excluding hydrogens is 569 g/mol. The van der Waals surface area contributed by atoms with Crippen LogP contribution in [-0.4, -0.2) is 53.6 Å². The summed E-state index contributed by atoms with van der Waals surface area (Å²) in [6.07, 6.45) is 2.28. The van der Waals surface area contributed by atoms with Crippen molar-refractivity contribution in [3.63, 3.8) is 0 Å². The fourth-order valence-electron chi connectivity index (χ4n) is 4.16. The van der Waals surface area contributed by atoms with E-state index in [1.54, 1.807) is 24.3 Å². The topological polar surface area (TPSA) is 74.7 Å². The molecule has 0 bridgehead atoms. The second-order valence-corrected chi connectivity index (χ2v) is 15.5. The van der Waals surface area contributed by atoms with E-state index in [0.717, 1.165) is 22.6 Å². The summed E-state index contributed by atoms with van der Waals surface area (Å²) in [5.74, 6) is -2.35. The first-order valence-electron chi connectivity index (χ1n) is 11.9. The molecule has 4 aromatic rings. The van der Waals surface area contributed by atoms with Crippen LogP contribution in [0.2, 0.25) is 0 Å². The number of carboxylic acid groups (broad SMARTS) is 1. The number of carbonyl (C=O) groups is 3. The zero-order valence-electron chi connectivity index (χ0n) is 20.1. The Bertz CT molecular complexity index is 1250. The summed E-state index contributed by atoms with van der Waals surface area (Å²) in [6.45, 7) is 0. The van der Waals surface area contributed by atoms with Gasteiger partial charge < -0.3 is 5.11 Å². The zero-order chi connectivity index (χ0) is 26.0. The Morgan fingerprint density at radius 3 is 1.32 bits per heavy atom. The van der Waals surface area contributed by atoms with Crippen molar-refractivity contribution < 1.29 is 19.5 Å². The molecule has 1 N–H and O–H groups in total. The van der Waals surface area contributed by atoms with Crippen molar-refractivity contribution >= 4 is 48.3 Å². The molecule has 6 heteroatoms. The van der Waals surface area contributed by atoms with Crippen LogP contribution in [0, 0.1) is 0 Å². The number of aliphatic carboxylic acids is 1. The van der Waals surface area contributed by atoms with Gasteiger partial charge in [0, 0.05) is 18.6 Å². The normalized spacial score (nSPS) is 13.3. The van der Waals surface area contributed by atoms with E-state index in [1.807, 2.05) is 6.07 Å². The van der Waals surface area contributed by atoms with Crippen LogP contribution in [0.1, 0.15) is 5.56 Å². The molecule has 2 amide bonds. The van der Waals surface area contributed by atoms with Gasteiger partial charge in [-0.15, -0.1) is 0 Å². The van der Waals surface area contributed by atoms with Gasteiger partial charge in [-0.3, -0.25) is 14.5 Å². The summed E-state index contributed by atoms with van der Waals surface area (Å²) in [4.78, 5) is 34.9. The number of hydrogen-bond donors (Lipinski definition) is 1. The molecule has 5 nitrogen and oxygen atoms in total. The predicted octanol–water partition coefficient (Wildman–Crippen LogP) is 2.81. The second kappa shape index (κ2) is 12.8. The predicted molar refractivity (Wildman–Crippen MR) is 147 cm³/mol. The molecule has 0 saturated carbocycles. The van der Waals surface area contributed by atoms with Crippen LogP contribution in [0.4, 0.5) is 0 Å². The van der Waals surface area contributed by atoms with Crippen molar-refractivity contribution in [1.29, 1.82) is 0 Å². The number of imide groups is 1. The first-order valence-corrected chi connectivity index (χ1v) is 16.2. The Balaban J connectivity index is 0.000000173. The van der Waals surface area contributed by atoms with E-state index in [4.69, 9.17) is 5.11 Å². The first kappa shape index (κ1) is 26.1. The summed E-state index contributed by atoms with van der Waals surface area (Å²) in [6, 6.07) is 40.7. The number of benzene rings is 4. The molecule has 4 aromatic carbocycles. The molecule has 183 valence electrons. The third-order valence-corrected chi connectivity index (χ3v) is 13.7. The molecule has 37 heavy (non-hydrogen) atoms. The molecule has 1 atom stereocenters. The van der Waals surface area contributed by atoms with E-state index < -0.39 is 43.6 Å². The van der Waals surface area contributed by atoms with E-state index in [1.165, 1.54) is 10.7 Å². The zero-order valence-corrected chi connectivity index (χ0v) is 23.0. The van der Waals surface area contributed by atoms with Crippen LogP contribution in [-0.2, 0) is 20.8 Å². The van der Waals surface area contributed by atoms with E-state index in [-0.39, 0.29) is 6.42 Å². The number of rotatable bonds is 7. The minimum absolute atomic E-state index is 0.106. The van der Waals surface area contributed by atoms with Crippen LogP contribution in [0.5, 0.6) is 0 Å². The summed E-state index contributed by atoms with van der Waals surface area (Å²) < 4.78 is 4.59. The van der Waals surface area contributed by atoms with Crippen molar-refractivity contribution in [2.24, 2.45) is 0 Å². The maximum absolute atomic E-state index is 11.5. The number of nitrogens with zero attached hydrogens (tertiary/aromatic N) is 1. The van der Waals surface area contributed by atoms with E-state index in [0.29, 0.717) is 0 Å². The number of hydrogen-bond acceptors (Lipinski definition) is 3. The molecule has 1 aliphatic rings.